The first-order chi connectivity index (χ1) is 17.4. The number of nitrogens with one attached hydrogen (secondary N) is 1. The van der Waals surface area contributed by atoms with Crippen LogP contribution in [0.5, 0.6) is 0 Å². The fraction of sp³-hybridized carbons (Fsp3) is 0.519. The van der Waals surface area contributed by atoms with Gasteiger partial charge in [-0.1, -0.05) is 6.08 Å². The van der Waals surface area contributed by atoms with Gasteiger partial charge in [0, 0.05) is 80.0 Å². The van der Waals surface area contributed by atoms with Crippen molar-refractivity contribution in [2.75, 3.05) is 57.4 Å². The van der Waals surface area contributed by atoms with Crippen LogP contribution in [0.4, 0.5) is 5.82 Å². The molecule has 0 atom stereocenters. The molecule has 3 aromatic heterocycles. The second-order valence-electron chi connectivity index (χ2n) is 10.9. The number of hydrogen-bond acceptors (Lipinski definition) is 6. The highest BCUT2D eigenvalue weighted by atomic mass is 16.5. The number of nitrogens with zero attached hydrogens (tertiary/aromatic N) is 6. The molecule has 0 saturated carbocycles. The molecule has 2 aliphatic heterocycles. The molecule has 1 aliphatic carbocycles. The number of aromatic nitrogens is 4. The van der Waals surface area contributed by atoms with Crippen LogP contribution in [0.15, 0.2) is 30.5 Å². The van der Waals surface area contributed by atoms with Gasteiger partial charge in [-0.3, -0.25) is 9.69 Å². The van der Waals surface area contributed by atoms with E-state index >= 15 is 0 Å². The number of carbonyl (C=O) groups is 1. The third-order valence-corrected chi connectivity index (χ3v) is 7.62. The van der Waals surface area contributed by atoms with Crippen molar-refractivity contribution in [3.63, 3.8) is 0 Å². The summed E-state index contributed by atoms with van der Waals surface area (Å²) in [5, 5.41) is 4.79. The first-order valence-corrected chi connectivity index (χ1v) is 13.0. The molecule has 6 rings (SSSR count). The number of ether oxygens (including phenoxy) is 1. The number of anilines is 1. The minimum absolute atomic E-state index is 0.0201. The Kier molecular flexibility index (Phi) is 5.84. The zero-order valence-corrected chi connectivity index (χ0v) is 21.5. The van der Waals surface area contributed by atoms with E-state index < -0.39 is 0 Å². The topological polar surface area (TPSA) is 82.0 Å². The number of morpholine rings is 1. The van der Waals surface area contributed by atoms with Gasteiger partial charge in [-0.05, 0) is 39.7 Å². The molecule has 0 aromatic carbocycles. The summed E-state index contributed by atoms with van der Waals surface area (Å²) in [6.45, 7) is 12.8. The Morgan fingerprint density at radius 1 is 1.06 bits per heavy atom. The lowest BCUT2D eigenvalue weighted by molar-refractivity contribution is 0.0446. The van der Waals surface area contributed by atoms with Crippen molar-refractivity contribution < 1.29 is 9.53 Å². The van der Waals surface area contributed by atoms with Gasteiger partial charge in [0.15, 0.2) is 11.3 Å². The highest BCUT2D eigenvalue weighted by Gasteiger charge is 2.30. The first-order valence-electron chi connectivity index (χ1n) is 13.0. The van der Waals surface area contributed by atoms with E-state index in [1.165, 1.54) is 11.3 Å². The van der Waals surface area contributed by atoms with Gasteiger partial charge < -0.3 is 19.5 Å². The highest BCUT2D eigenvalue weighted by molar-refractivity contribution is 5.94. The van der Waals surface area contributed by atoms with Crippen molar-refractivity contribution >= 4 is 22.9 Å². The van der Waals surface area contributed by atoms with Crippen LogP contribution in [0.3, 0.4) is 0 Å². The van der Waals surface area contributed by atoms with Crippen molar-refractivity contribution in [2.24, 2.45) is 0 Å². The Bertz CT molecular complexity index is 1300. The molecule has 3 aromatic rings. The molecule has 0 spiro atoms. The molecule has 2 saturated heterocycles. The highest BCUT2D eigenvalue weighted by Crippen LogP contribution is 2.32. The molecule has 0 radical (unpaired) electrons. The third kappa shape index (κ3) is 4.20. The van der Waals surface area contributed by atoms with E-state index in [-0.39, 0.29) is 11.4 Å². The number of aromatic amines is 1. The Labute approximate surface area is 211 Å². The maximum Gasteiger partial charge on any atom is 0.274 e. The van der Waals surface area contributed by atoms with E-state index in [2.05, 4.69) is 53.8 Å². The summed E-state index contributed by atoms with van der Waals surface area (Å²) in [5.41, 5.74) is 5.79. The van der Waals surface area contributed by atoms with E-state index in [4.69, 9.17) is 14.8 Å². The summed E-state index contributed by atoms with van der Waals surface area (Å²) in [6.07, 6.45) is 6.26. The lowest BCUT2D eigenvalue weighted by Crippen LogP contribution is -2.54. The van der Waals surface area contributed by atoms with E-state index in [1.807, 2.05) is 21.7 Å². The van der Waals surface area contributed by atoms with Gasteiger partial charge in [0.1, 0.15) is 5.82 Å². The summed E-state index contributed by atoms with van der Waals surface area (Å²) in [4.78, 5) is 28.5. The second kappa shape index (κ2) is 9.05. The van der Waals surface area contributed by atoms with Gasteiger partial charge in [0.2, 0.25) is 0 Å². The van der Waals surface area contributed by atoms with Crippen molar-refractivity contribution in [3.8, 4) is 0 Å². The van der Waals surface area contributed by atoms with Crippen molar-refractivity contribution in [3.05, 3.63) is 53.1 Å². The fourth-order valence-corrected chi connectivity index (χ4v) is 5.54. The number of amides is 1. The van der Waals surface area contributed by atoms with Crippen LogP contribution in [0.2, 0.25) is 0 Å². The van der Waals surface area contributed by atoms with Crippen LogP contribution < -0.4 is 4.90 Å². The molecular weight excluding hydrogens is 454 g/mol. The number of fused-ring (bicyclic) bond motifs is 2. The summed E-state index contributed by atoms with van der Waals surface area (Å²) in [7, 11) is 0. The number of H-pyrrole nitrogens is 1. The minimum Gasteiger partial charge on any atom is -0.378 e. The zero-order valence-electron chi connectivity index (χ0n) is 21.5. The van der Waals surface area contributed by atoms with Crippen molar-refractivity contribution in [1.82, 2.24) is 29.4 Å². The van der Waals surface area contributed by atoms with Gasteiger partial charge in [-0.25, -0.2) is 4.98 Å². The first kappa shape index (κ1) is 23.2. The van der Waals surface area contributed by atoms with Crippen LogP contribution in [-0.2, 0) is 11.2 Å². The number of aryl methyl sites for hydroxylation is 1. The number of piperazine rings is 1. The van der Waals surface area contributed by atoms with Gasteiger partial charge >= 0.3 is 0 Å². The minimum atomic E-state index is -0.0201. The standard InChI is InChI=1S/C27H35N7O2/c1-27(2,3)33-11-9-32(10-12-33)26(35)23-17-24-29-22(19-5-4-6-21-20(19)7-8-28-21)18-25(34(24)30-23)31-13-15-36-16-14-31/h5,7-8,17-18,28H,4,6,9-16H2,1-3H3. The molecule has 36 heavy (non-hydrogen) atoms. The molecule has 9 heteroatoms. The van der Waals surface area contributed by atoms with Gasteiger partial charge in [0.25, 0.3) is 5.91 Å². The lowest BCUT2D eigenvalue weighted by atomic mass is 9.94. The van der Waals surface area contributed by atoms with Gasteiger partial charge in [-0.15, -0.1) is 0 Å². The van der Waals surface area contributed by atoms with E-state index in [0.717, 1.165) is 56.1 Å². The second-order valence-corrected chi connectivity index (χ2v) is 10.9. The van der Waals surface area contributed by atoms with E-state index in [0.29, 0.717) is 37.6 Å². The molecule has 3 aliphatic rings. The third-order valence-electron chi connectivity index (χ3n) is 7.62. The molecule has 1 N–H and O–H groups in total. The van der Waals surface area contributed by atoms with E-state index in [1.54, 1.807) is 0 Å². The molecule has 190 valence electrons. The predicted octanol–water partition coefficient (Wildman–Crippen LogP) is 2.83. The summed E-state index contributed by atoms with van der Waals surface area (Å²) in [6, 6.07) is 6.10. The number of carbonyl (C=O) groups excluding carboxylic acids is 1. The van der Waals surface area contributed by atoms with Gasteiger partial charge in [0.05, 0.1) is 18.9 Å². The van der Waals surface area contributed by atoms with Crippen molar-refractivity contribution in [2.45, 2.75) is 39.2 Å². The Morgan fingerprint density at radius 3 is 2.58 bits per heavy atom. The summed E-state index contributed by atoms with van der Waals surface area (Å²) < 4.78 is 7.45. The quantitative estimate of drug-likeness (QED) is 0.609. The average Bonchev–Trinajstić information content (AvgIpc) is 3.55. The van der Waals surface area contributed by atoms with Crippen LogP contribution >= 0.6 is 0 Å². The SMILES string of the molecule is CC(C)(C)N1CCN(C(=O)c2cc3nc(C4=CCCc5[nH]ccc54)cc(N4CCOCC4)n3n2)CC1. The molecule has 1 amide bonds. The average molecular weight is 490 g/mol. The molecule has 2 fully saturated rings. The normalized spacial score (nSPS) is 19.5. The monoisotopic (exact) mass is 489 g/mol. The zero-order chi connectivity index (χ0) is 24.9. The van der Waals surface area contributed by atoms with Crippen LogP contribution in [-0.4, -0.2) is 93.3 Å². The van der Waals surface area contributed by atoms with Crippen LogP contribution in [0.25, 0.3) is 11.2 Å². The largest absolute Gasteiger partial charge is 0.378 e. The number of hydrogen-bond donors (Lipinski definition) is 1. The molecule has 5 heterocycles. The van der Waals surface area contributed by atoms with Crippen molar-refractivity contribution in [1.29, 1.82) is 0 Å². The van der Waals surface area contributed by atoms with E-state index in [9.17, 15) is 4.79 Å². The lowest BCUT2D eigenvalue weighted by Gasteiger charge is -2.42. The number of rotatable bonds is 3. The maximum atomic E-state index is 13.5. The molecule has 9 nitrogen and oxygen atoms in total. The Balaban J connectivity index is 1.36. The summed E-state index contributed by atoms with van der Waals surface area (Å²) in [5.74, 6) is 0.937. The fourth-order valence-electron chi connectivity index (χ4n) is 5.54. The molecular formula is C27H35N7O2. The predicted molar refractivity (Wildman–Crippen MR) is 139 cm³/mol. The summed E-state index contributed by atoms with van der Waals surface area (Å²) >= 11 is 0. The van der Waals surface area contributed by atoms with Crippen LogP contribution in [0.1, 0.15) is 54.6 Å². The van der Waals surface area contributed by atoms with Crippen LogP contribution in [0, 0.1) is 0 Å². The maximum absolute atomic E-state index is 13.5. The Morgan fingerprint density at radius 2 is 1.83 bits per heavy atom. The Hall–Kier alpha value is -3.17. The smallest absolute Gasteiger partial charge is 0.274 e. The number of allylic oxidation sites excluding steroid dienone is 1. The van der Waals surface area contributed by atoms with Gasteiger partial charge in [-0.2, -0.15) is 9.61 Å². The molecule has 0 bridgehead atoms. The molecule has 0 unspecified atom stereocenters.